The molecule has 0 aliphatic rings. The first-order valence-electron chi connectivity index (χ1n) is 5.04. The zero-order valence-electron chi connectivity index (χ0n) is 9.20. The van der Waals surface area contributed by atoms with Crippen molar-refractivity contribution in [2.45, 2.75) is 13.5 Å². The third-order valence-electron chi connectivity index (χ3n) is 2.20. The minimum Gasteiger partial charge on any atom is -0.378 e. The first-order chi connectivity index (χ1) is 8.19. The SMILES string of the molecule is Cc1cnc(CNc2ccc(C#N)c(Cl)c2)s1. The highest BCUT2D eigenvalue weighted by atomic mass is 35.5. The van der Waals surface area contributed by atoms with E-state index in [1.54, 1.807) is 23.5 Å². The average Bonchev–Trinajstić information content (AvgIpc) is 2.73. The molecule has 0 radical (unpaired) electrons. The number of nitrogens with zero attached hydrogens (tertiary/aromatic N) is 2. The largest absolute Gasteiger partial charge is 0.378 e. The standard InChI is InChI=1S/C12H10ClN3S/c1-8-6-16-12(17-8)7-15-10-3-2-9(5-14)11(13)4-10/h2-4,6,15H,7H2,1H3. The van der Waals surface area contributed by atoms with Crippen LogP contribution in [0.15, 0.2) is 24.4 Å². The van der Waals surface area contributed by atoms with Crippen LogP contribution in [0.5, 0.6) is 0 Å². The predicted molar refractivity (Wildman–Crippen MR) is 70.3 cm³/mol. The maximum absolute atomic E-state index is 8.76. The molecule has 0 aliphatic heterocycles. The molecule has 0 atom stereocenters. The summed E-state index contributed by atoms with van der Waals surface area (Å²) < 4.78 is 0. The van der Waals surface area contributed by atoms with E-state index in [0.717, 1.165) is 10.7 Å². The highest BCUT2D eigenvalue weighted by Gasteiger charge is 2.02. The Morgan fingerprint density at radius 3 is 2.94 bits per heavy atom. The van der Waals surface area contributed by atoms with Crippen LogP contribution >= 0.6 is 22.9 Å². The zero-order chi connectivity index (χ0) is 12.3. The Bertz CT molecular complexity index is 571. The van der Waals surface area contributed by atoms with Crippen LogP contribution in [-0.4, -0.2) is 4.98 Å². The second kappa shape index (κ2) is 5.17. The van der Waals surface area contributed by atoms with Gasteiger partial charge in [-0.3, -0.25) is 0 Å². The van der Waals surface area contributed by atoms with Gasteiger partial charge in [-0.1, -0.05) is 11.6 Å². The number of hydrogen-bond donors (Lipinski definition) is 1. The molecule has 0 bridgehead atoms. The number of anilines is 1. The molecule has 3 nitrogen and oxygen atoms in total. The van der Waals surface area contributed by atoms with Gasteiger partial charge in [0.2, 0.25) is 0 Å². The lowest BCUT2D eigenvalue weighted by Crippen LogP contribution is -1.98. The van der Waals surface area contributed by atoms with Crippen molar-refractivity contribution in [1.29, 1.82) is 5.26 Å². The number of nitriles is 1. The first-order valence-corrected chi connectivity index (χ1v) is 6.23. The lowest BCUT2D eigenvalue weighted by Gasteiger charge is -2.05. The highest BCUT2D eigenvalue weighted by Crippen LogP contribution is 2.21. The lowest BCUT2D eigenvalue weighted by atomic mass is 10.2. The smallest absolute Gasteiger partial charge is 0.112 e. The molecule has 0 unspecified atom stereocenters. The molecular formula is C12H10ClN3S. The summed E-state index contributed by atoms with van der Waals surface area (Å²) in [6, 6.07) is 7.32. The van der Waals surface area contributed by atoms with Crippen molar-refractivity contribution in [1.82, 2.24) is 4.98 Å². The van der Waals surface area contributed by atoms with E-state index >= 15 is 0 Å². The third-order valence-corrected chi connectivity index (χ3v) is 3.43. The predicted octanol–water partition coefficient (Wildman–Crippen LogP) is 3.59. The molecule has 5 heteroatoms. The monoisotopic (exact) mass is 263 g/mol. The summed E-state index contributed by atoms with van der Waals surface area (Å²) in [6.45, 7) is 2.69. The Balaban J connectivity index is 2.05. The van der Waals surface area contributed by atoms with Gasteiger partial charge in [-0.05, 0) is 25.1 Å². The molecule has 0 saturated heterocycles. The van der Waals surface area contributed by atoms with E-state index in [1.807, 2.05) is 25.3 Å². The van der Waals surface area contributed by atoms with Crippen LogP contribution in [0.25, 0.3) is 0 Å². The minimum atomic E-state index is 0.466. The summed E-state index contributed by atoms with van der Waals surface area (Å²) in [4.78, 5) is 5.45. The van der Waals surface area contributed by atoms with Gasteiger partial charge in [-0.2, -0.15) is 5.26 Å². The summed E-state index contributed by atoms with van der Waals surface area (Å²) in [5.41, 5.74) is 1.38. The fraction of sp³-hybridized carbons (Fsp3) is 0.167. The second-order valence-electron chi connectivity index (χ2n) is 3.52. The van der Waals surface area contributed by atoms with Crippen LogP contribution in [0.3, 0.4) is 0 Å². The van der Waals surface area contributed by atoms with E-state index in [4.69, 9.17) is 16.9 Å². The van der Waals surface area contributed by atoms with E-state index in [-0.39, 0.29) is 0 Å². The van der Waals surface area contributed by atoms with Crippen molar-refractivity contribution in [2.24, 2.45) is 0 Å². The maximum Gasteiger partial charge on any atom is 0.112 e. The molecule has 1 heterocycles. The van der Waals surface area contributed by atoms with Crippen molar-refractivity contribution in [3.05, 3.63) is 44.9 Å². The molecule has 86 valence electrons. The van der Waals surface area contributed by atoms with Gasteiger partial charge < -0.3 is 5.32 Å². The second-order valence-corrected chi connectivity index (χ2v) is 5.25. The van der Waals surface area contributed by atoms with E-state index in [9.17, 15) is 0 Å². The number of nitrogens with one attached hydrogen (secondary N) is 1. The zero-order valence-corrected chi connectivity index (χ0v) is 10.8. The maximum atomic E-state index is 8.76. The van der Waals surface area contributed by atoms with E-state index in [1.165, 1.54) is 4.88 Å². The Hall–Kier alpha value is -1.57. The Labute approximate surface area is 109 Å². The summed E-state index contributed by atoms with van der Waals surface area (Å²) in [7, 11) is 0. The van der Waals surface area contributed by atoms with Gasteiger partial charge in [0.05, 0.1) is 17.1 Å². The Morgan fingerprint density at radius 2 is 2.35 bits per heavy atom. The van der Waals surface area contributed by atoms with Crippen LogP contribution in [0.1, 0.15) is 15.4 Å². The summed E-state index contributed by atoms with van der Waals surface area (Å²) in [5.74, 6) is 0. The molecule has 2 rings (SSSR count). The van der Waals surface area contributed by atoms with Crippen LogP contribution in [0.4, 0.5) is 5.69 Å². The average molecular weight is 264 g/mol. The Morgan fingerprint density at radius 1 is 1.53 bits per heavy atom. The number of aromatic nitrogens is 1. The van der Waals surface area contributed by atoms with E-state index in [2.05, 4.69) is 10.3 Å². The normalized spacial score (nSPS) is 9.94. The van der Waals surface area contributed by atoms with Crippen LogP contribution in [-0.2, 0) is 6.54 Å². The first kappa shape index (κ1) is 11.9. The molecule has 0 aliphatic carbocycles. The Kier molecular flexibility index (Phi) is 3.62. The summed E-state index contributed by atoms with van der Waals surface area (Å²) in [5, 5.41) is 13.5. The fourth-order valence-electron chi connectivity index (χ4n) is 1.38. The van der Waals surface area contributed by atoms with Gasteiger partial charge in [0.25, 0.3) is 0 Å². The third kappa shape index (κ3) is 2.96. The topological polar surface area (TPSA) is 48.7 Å². The number of rotatable bonds is 3. The summed E-state index contributed by atoms with van der Waals surface area (Å²) in [6.07, 6.45) is 1.85. The molecule has 1 aromatic heterocycles. The van der Waals surface area contributed by atoms with Crippen LogP contribution < -0.4 is 5.32 Å². The number of halogens is 1. The molecule has 0 saturated carbocycles. The molecule has 17 heavy (non-hydrogen) atoms. The molecule has 0 fully saturated rings. The molecule has 0 amide bonds. The van der Waals surface area contributed by atoms with Crippen LogP contribution in [0, 0.1) is 18.3 Å². The molecule has 2 aromatic rings. The van der Waals surface area contributed by atoms with Gasteiger partial charge >= 0.3 is 0 Å². The quantitative estimate of drug-likeness (QED) is 0.921. The van der Waals surface area contributed by atoms with Gasteiger partial charge in [0.1, 0.15) is 11.1 Å². The fourth-order valence-corrected chi connectivity index (χ4v) is 2.33. The molecule has 1 N–H and O–H groups in total. The van der Waals surface area contributed by atoms with Gasteiger partial charge in [0.15, 0.2) is 0 Å². The van der Waals surface area contributed by atoms with Gasteiger partial charge in [-0.15, -0.1) is 11.3 Å². The number of thiazole rings is 1. The lowest BCUT2D eigenvalue weighted by molar-refractivity contribution is 1.10. The van der Waals surface area contributed by atoms with Crippen molar-refractivity contribution in [3.63, 3.8) is 0 Å². The molecule has 1 aromatic carbocycles. The van der Waals surface area contributed by atoms with Crippen molar-refractivity contribution >= 4 is 28.6 Å². The van der Waals surface area contributed by atoms with Crippen molar-refractivity contribution in [2.75, 3.05) is 5.32 Å². The van der Waals surface area contributed by atoms with Crippen LogP contribution in [0.2, 0.25) is 5.02 Å². The highest BCUT2D eigenvalue weighted by molar-refractivity contribution is 7.11. The van der Waals surface area contributed by atoms with Crippen molar-refractivity contribution in [3.8, 4) is 6.07 Å². The van der Waals surface area contributed by atoms with Gasteiger partial charge in [0, 0.05) is 16.8 Å². The number of aryl methyl sites for hydroxylation is 1. The minimum absolute atomic E-state index is 0.466. The van der Waals surface area contributed by atoms with E-state index in [0.29, 0.717) is 17.1 Å². The molecule has 0 spiro atoms. The number of hydrogen-bond acceptors (Lipinski definition) is 4. The number of benzene rings is 1. The van der Waals surface area contributed by atoms with E-state index < -0.39 is 0 Å². The van der Waals surface area contributed by atoms with Gasteiger partial charge in [-0.25, -0.2) is 4.98 Å². The van der Waals surface area contributed by atoms with Crippen molar-refractivity contribution < 1.29 is 0 Å². The summed E-state index contributed by atoms with van der Waals surface area (Å²) >= 11 is 7.60. The molecular weight excluding hydrogens is 254 g/mol.